The van der Waals surface area contributed by atoms with Crippen LogP contribution in [0.1, 0.15) is 42.6 Å². The van der Waals surface area contributed by atoms with E-state index in [-0.39, 0.29) is 17.7 Å². The van der Waals surface area contributed by atoms with Crippen molar-refractivity contribution in [1.82, 2.24) is 9.88 Å². The first-order valence-electron chi connectivity index (χ1n) is 14.4. The molecular formula is C34H38N4O3. The average Bonchev–Trinajstić information content (AvgIpc) is 3.03. The molecular weight excluding hydrogens is 512 g/mol. The second kappa shape index (κ2) is 12.9. The van der Waals surface area contributed by atoms with Crippen molar-refractivity contribution in [2.24, 2.45) is 5.92 Å². The normalized spacial score (nSPS) is 14.5. The maximum Gasteiger partial charge on any atom is 0.254 e. The van der Waals surface area contributed by atoms with Gasteiger partial charge in [0.05, 0.1) is 7.11 Å². The Morgan fingerprint density at radius 1 is 0.854 bits per heavy atom. The van der Waals surface area contributed by atoms with E-state index in [1.165, 1.54) is 0 Å². The fourth-order valence-electron chi connectivity index (χ4n) is 5.55. The third-order valence-electron chi connectivity index (χ3n) is 7.57. The van der Waals surface area contributed by atoms with Crippen LogP contribution in [0.2, 0.25) is 0 Å². The number of aromatic nitrogens is 1. The highest BCUT2D eigenvalue weighted by Crippen LogP contribution is 2.31. The molecule has 0 saturated carbocycles. The Balaban J connectivity index is 1.57. The Labute approximate surface area is 242 Å². The predicted octanol–water partition coefficient (Wildman–Crippen LogP) is 6.18. The number of carbonyl (C=O) groups is 2. The van der Waals surface area contributed by atoms with Crippen LogP contribution >= 0.6 is 0 Å². The molecule has 0 unspecified atom stereocenters. The second-order valence-corrected chi connectivity index (χ2v) is 10.9. The highest BCUT2D eigenvalue weighted by Gasteiger charge is 2.26. The van der Waals surface area contributed by atoms with Gasteiger partial charge in [-0.2, -0.15) is 0 Å². The third kappa shape index (κ3) is 6.35. The van der Waals surface area contributed by atoms with Gasteiger partial charge in [0.25, 0.3) is 5.91 Å². The molecule has 0 N–H and O–H groups in total. The summed E-state index contributed by atoms with van der Waals surface area (Å²) in [7, 11) is 1.65. The van der Waals surface area contributed by atoms with Gasteiger partial charge in [-0.15, -0.1) is 0 Å². The van der Waals surface area contributed by atoms with Crippen molar-refractivity contribution in [3.8, 4) is 5.75 Å². The first kappa shape index (κ1) is 28.1. The van der Waals surface area contributed by atoms with Gasteiger partial charge in [0.2, 0.25) is 5.91 Å². The molecule has 0 saturated heterocycles. The lowest BCUT2D eigenvalue weighted by Gasteiger charge is -2.29. The van der Waals surface area contributed by atoms with Gasteiger partial charge < -0.3 is 19.4 Å². The van der Waals surface area contributed by atoms with Crippen LogP contribution in [0.15, 0.2) is 85.1 Å². The second-order valence-electron chi connectivity index (χ2n) is 10.9. The summed E-state index contributed by atoms with van der Waals surface area (Å²) >= 11 is 0. The number of ether oxygens (including phenoxy) is 1. The minimum absolute atomic E-state index is 0.0565. The Morgan fingerprint density at radius 3 is 2.37 bits per heavy atom. The zero-order valence-corrected chi connectivity index (χ0v) is 24.1. The number of pyridine rings is 1. The van der Waals surface area contributed by atoms with Crippen LogP contribution in [0.25, 0.3) is 10.8 Å². The number of carbonyl (C=O) groups excluding carboxylic acids is 2. The molecule has 1 aliphatic heterocycles. The fourth-order valence-corrected chi connectivity index (χ4v) is 5.55. The number of para-hydroxylation sites is 1. The summed E-state index contributed by atoms with van der Waals surface area (Å²) in [6.45, 7) is 6.97. The van der Waals surface area contributed by atoms with Crippen molar-refractivity contribution in [2.75, 3.05) is 43.1 Å². The van der Waals surface area contributed by atoms with Crippen LogP contribution in [0, 0.1) is 5.92 Å². The first-order chi connectivity index (χ1) is 20.0. The first-order valence-corrected chi connectivity index (χ1v) is 14.4. The van der Waals surface area contributed by atoms with Crippen LogP contribution < -0.4 is 14.5 Å². The molecule has 0 aliphatic carbocycles. The lowest BCUT2D eigenvalue weighted by molar-refractivity contribution is -0.119. The van der Waals surface area contributed by atoms with E-state index in [2.05, 4.69) is 23.7 Å². The summed E-state index contributed by atoms with van der Waals surface area (Å²) in [6, 6.07) is 25.4. The molecule has 7 heteroatoms. The average molecular weight is 551 g/mol. The summed E-state index contributed by atoms with van der Waals surface area (Å²) in [6.07, 6.45) is 3.05. The molecule has 7 nitrogen and oxygen atoms in total. The standard InChI is InChI=1S/C34H38N4O3/c1-25(2)23-33(39)38-20-10-19-36(32-15-8-9-18-35-32)21-22-37(24-26-11-4-7-14-30(26)38)34(40)29-16-17-31(41-3)28-13-6-5-12-27(28)29/h4-9,11-18,25H,10,19-24H2,1-3H3. The monoisotopic (exact) mass is 550 g/mol. The van der Waals surface area contributed by atoms with Gasteiger partial charge in [-0.25, -0.2) is 4.98 Å². The Bertz CT molecular complexity index is 1500. The third-order valence-corrected chi connectivity index (χ3v) is 7.57. The summed E-state index contributed by atoms with van der Waals surface area (Å²) in [5.74, 6) is 1.90. The van der Waals surface area contributed by atoms with Crippen molar-refractivity contribution >= 4 is 34.1 Å². The van der Waals surface area contributed by atoms with Crippen molar-refractivity contribution in [3.63, 3.8) is 0 Å². The number of fused-ring (bicyclic) bond motifs is 2. The fraction of sp³-hybridized carbons (Fsp3) is 0.324. The van der Waals surface area contributed by atoms with Gasteiger partial charge in [0.1, 0.15) is 11.6 Å². The van der Waals surface area contributed by atoms with Gasteiger partial charge in [-0.3, -0.25) is 9.59 Å². The molecule has 5 rings (SSSR count). The molecule has 2 amide bonds. The Morgan fingerprint density at radius 2 is 1.61 bits per heavy atom. The molecule has 0 radical (unpaired) electrons. The number of amides is 2. The van der Waals surface area contributed by atoms with Gasteiger partial charge in [0.15, 0.2) is 0 Å². The number of hydrogen-bond donors (Lipinski definition) is 0. The van der Waals surface area contributed by atoms with Crippen molar-refractivity contribution in [2.45, 2.75) is 33.2 Å². The zero-order valence-electron chi connectivity index (χ0n) is 24.1. The van der Waals surface area contributed by atoms with Gasteiger partial charge in [-0.05, 0) is 53.6 Å². The number of methoxy groups -OCH3 is 1. The minimum Gasteiger partial charge on any atom is -0.496 e. The lowest BCUT2D eigenvalue weighted by Crippen LogP contribution is -2.39. The summed E-state index contributed by atoms with van der Waals surface area (Å²) in [5.41, 5.74) is 2.47. The maximum absolute atomic E-state index is 14.3. The largest absolute Gasteiger partial charge is 0.496 e. The van der Waals surface area contributed by atoms with Crippen molar-refractivity contribution in [3.05, 3.63) is 96.2 Å². The van der Waals surface area contributed by atoms with E-state index in [1.54, 1.807) is 13.3 Å². The van der Waals surface area contributed by atoms with E-state index in [1.807, 2.05) is 88.7 Å². The van der Waals surface area contributed by atoms with E-state index < -0.39 is 0 Å². The molecule has 4 aromatic rings. The van der Waals surface area contributed by atoms with Gasteiger partial charge in [-0.1, -0.05) is 62.4 Å². The Hall–Kier alpha value is -4.39. The number of anilines is 2. The van der Waals surface area contributed by atoms with Gasteiger partial charge in [0, 0.05) is 62.0 Å². The molecule has 41 heavy (non-hydrogen) atoms. The molecule has 0 bridgehead atoms. The van der Waals surface area contributed by atoms with E-state index in [0.717, 1.165) is 46.6 Å². The van der Waals surface area contributed by atoms with Crippen LogP contribution in [0.5, 0.6) is 5.75 Å². The number of rotatable bonds is 5. The molecule has 1 aliphatic rings. The minimum atomic E-state index is -0.0565. The number of hydrogen-bond acceptors (Lipinski definition) is 5. The molecule has 0 fully saturated rings. The molecule has 2 heterocycles. The quantitative estimate of drug-likeness (QED) is 0.297. The van der Waals surface area contributed by atoms with Crippen LogP contribution in [0.3, 0.4) is 0 Å². The lowest BCUT2D eigenvalue weighted by atomic mass is 10.0. The number of nitrogens with zero attached hydrogens (tertiary/aromatic N) is 4. The molecule has 0 atom stereocenters. The smallest absolute Gasteiger partial charge is 0.254 e. The molecule has 3 aromatic carbocycles. The highest BCUT2D eigenvalue weighted by molar-refractivity contribution is 6.08. The van der Waals surface area contributed by atoms with Crippen molar-refractivity contribution in [1.29, 1.82) is 0 Å². The maximum atomic E-state index is 14.3. The Kier molecular flexibility index (Phi) is 8.82. The van der Waals surface area contributed by atoms with Crippen LogP contribution in [-0.4, -0.2) is 55.0 Å². The van der Waals surface area contributed by atoms with E-state index in [9.17, 15) is 9.59 Å². The summed E-state index contributed by atoms with van der Waals surface area (Å²) < 4.78 is 5.58. The van der Waals surface area contributed by atoms with Crippen LogP contribution in [0.4, 0.5) is 11.5 Å². The van der Waals surface area contributed by atoms with E-state index in [4.69, 9.17) is 4.74 Å². The molecule has 0 spiro atoms. The van der Waals surface area contributed by atoms with Gasteiger partial charge >= 0.3 is 0 Å². The SMILES string of the molecule is COc1ccc(C(=O)N2CCN(c3ccccn3)CCCN(C(=O)CC(C)C)c3ccccc3C2)c2ccccc12. The van der Waals surface area contributed by atoms with E-state index in [0.29, 0.717) is 38.2 Å². The van der Waals surface area contributed by atoms with Crippen LogP contribution in [-0.2, 0) is 11.3 Å². The molecule has 1 aromatic heterocycles. The zero-order chi connectivity index (χ0) is 28.8. The predicted molar refractivity (Wildman–Crippen MR) is 165 cm³/mol. The summed E-state index contributed by atoms with van der Waals surface area (Å²) in [5, 5.41) is 1.76. The topological polar surface area (TPSA) is 66.0 Å². The number of benzene rings is 3. The highest BCUT2D eigenvalue weighted by atomic mass is 16.5. The van der Waals surface area contributed by atoms with E-state index >= 15 is 0 Å². The summed E-state index contributed by atoms with van der Waals surface area (Å²) in [4.78, 5) is 38.5. The van der Waals surface area contributed by atoms with Crippen molar-refractivity contribution < 1.29 is 14.3 Å². The molecule has 212 valence electrons.